The van der Waals surface area contributed by atoms with E-state index < -0.39 is 0 Å². The summed E-state index contributed by atoms with van der Waals surface area (Å²) >= 11 is 0. The number of nitrogens with one attached hydrogen (secondary N) is 1. The molecule has 0 saturated heterocycles. The first kappa shape index (κ1) is 22.9. The van der Waals surface area contributed by atoms with Gasteiger partial charge in [0.15, 0.2) is 0 Å². The SMILES string of the molecule is COc1cc(OC)cc(C(=O)N/N=C\c2c(OCc3ccc(C)cc3)ccc3ccccc23)c1. The van der Waals surface area contributed by atoms with Crippen molar-refractivity contribution in [1.29, 1.82) is 0 Å². The summed E-state index contributed by atoms with van der Waals surface area (Å²) in [6, 6.07) is 25.1. The Labute approximate surface area is 198 Å². The average Bonchev–Trinajstić information content (AvgIpc) is 2.88. The summed E-state index contributed by atoms with van der Waals surface area (Å²) in [5.74, 6) is 1.35. The number of aryl methyl sites for hydroxylation is 1. The number of hydrazone groups is 1. The quantitative estimate of drug-likeness (QED) is 0.282. The number of hydrogen-bond donors (Lipinski definition) is 1. The molecule has 172 valence electrons. The summed E-state index contributed by atoms with van der Waals surface area (Å²) < 4.78 is 16.6. The molecule has 0 unspecified atom stereocenters. The standard InChI is InChI=1S/C28H26N2O4/c1-19-8-10-20(11-9-19)18-34-27-13-12-21-6-4-5-7-25(21)26(27)17-29-30-28(31)22-14-23(32-2)16-24(15-22)33-3/h4-17H,18H2,1-3H3,(H,30,31)/b29-17-. The minimum atomic E-state index is -0.379. The third-order valence-corrected chi connectivity index (χ3v) is 5.42. The van der Waals surface area contributed by atoms with Gasteiger partial charge in [0.05, 0.1) is 20.4 Å². The first-order valence-corrected chi connectivity index (χ1v) is 10.8. The van der Waals surface area contributed by atoms with Gasteiger partial charge >= 0.3 is 0 Å². The monoisotopic (exact) mass is 454 g/mol. The fourth-order valence-electron chi connectivity index (χ4n) is 3.54. The van der Waals surface area contributed by atoms with Gasteiger partial charge in [-0.05, 0) is 41.5 Å². The van der Waals surface area contributed by atoms with E-state index in [0.29, 0.717) is 29.4 Å². The highest BCUT2D eigenvalue weighted by atomic mass is 16.5. The highest BCUT2D eigenvalue weighted by Gasteiger charge is 2.11. The maximum Gasteiger partial charge on any atom is 0.271 e. The van der Waals surface area contributed by atoms with Crippen molar-refractivity contribution in [3.05, 3.63) is 101 Å². The van der Waals surface area contributed by atoms with Crippen LogP contribution in [0.1, 0.15) is 27.0 Å². The first-order chi connectivity index (χ1) is 16.6. The largest absolute Gasteiger partial charge is 0.497 e. The van der Waals surface area contributed by atoms with Gasteiger partial charge in [-0.1, -0.05) is 60.2 Å². The summed E-state index contributed by atoms with van der Waals surface area (Å²) in [7, 11) is 3.07. The van der Waals surface area contributed by atoms with Crippen molar-refractivity contribution in [2.24, 2.45) is 5.10 Å². The summed E-state index contributed by atoms with van der Waals surface area (Å²) in [4.78, 5) is 12.7. The van der Waals surface area contributed by atoms with Crippen LogP contribution in [0.5, 0.6) is 17.2 Å². The third kappa shape index (κ3) is 5.35. The zero-order valence-corrected chi connectivity index (χ0v) is 19.4. The zero-order valence-electron chi connectivity index (χ0n) is 19.4. The molecule has 0 spiro atoms. The number of hydrogen-bond acceptors (Lipinski definition) is 5. The van der Waals surface area contributed by atoms with E-state index in [4.69, 9.17) is 14.2 Å². The summed E-state index contributed by atoms with van der Waals surface area (Å²) in [6.45, 7) is 2.48. The second-order valence-corrected chi connectivity index (χ2v) is 7.77. The minimum Gasteiger partial charge on any atom is -0.497 e. The van der Waals surface area contributed by atoms with Gasteiger partial charge in [-0.2, -0.15) is 5.10 Å². The lowest BCUT2D eigenvalue weighted by Crippen LogP contribution is -2.18. The lowest BCUT2D eigenvalue weighted by Gasteiger charge is -2.12. The molecule has 0 bridgehead atoms. The van der Waals surface area contributed by atoms with Crippen molar-refractivity contribution in [2.45, 2.75) is 13.5 Å². The molecule has 1 N–H and O–H groups in total. The number of nitrogens with zero attached hydrogens (tertiary/aromatic N) is 1. The Hall–Kier alpha value is -4.32. The topological polar surface area (TPSA) is 69.2 Å². The van der Waals surface area contributed by atoms with Crippen LogP contribution in [0.3, 0.4) is 0 Å². The first-order valence-electron chi connectivity index (χ1n) is 10.8. The molecule has 4 aromatic carbocycles. The van der Waals surface area contributed by atoms with E-state index in [1.165, 1.54) is 19.8 Å². The van der Waals surface area contributed by atoms with Crippen molar-refractivity contribution in [1.82, 2.24) is 5.43 Å². The Bertz CT molecular complexity index is 1310. The normalized spacial score (nSPS) is 10.9. The Kier molecular flexibility index (Phi) is 7.08. The molecule has 0 aromatic heterocycles. The summed E-state index contributed by atoms with van der Waals surface area (Å²) in [5.41, 5.74) is 6.02. The van der Waals surface area contributed by atoms with E-state index in [9.17, 15) is 4.79 Å². The van der Waals surface area contributed by atoms with Crippen LogP contribution in [0.2, 0.25) is 0 Å². The van der Waals surface area contributed by atoms with Gasteiger partial charge in [0.1, 0.15) is 23.9 Å². The van der Waals surface area contributed by atoms with Crippen LogP contribution in [-0.2, 0) is 6.61 Å². The molecule has 4 aromatic rings. The number of carbonyl (C=O) groups is 1. The number of methoxy groups -OCH3 is 2. The number of amides is 1. The maximum absolute atomic E-state index is 12.7. The average molecular weight is 455 g/mol. The van der Waals surface area contributed by atoms with E-state index in [1.54, 1.807) is 24.4 Å². The second-order valence-electron chi connectivity index (χ2n) is 7.77. The molecule has 0 aliphatic heterocycles. The van der Waals surface area contributed by atoms with Crippen LogP contribution >= 0.6 is 0 Å². The molecular weight excluding hydrogens is 428 g/mol. The van der Waals surface area contributed by atoms with Crippen LogP contribution < -0.4 is 19.6 Å². The molecule has 0 aliphatic rings. The second kappa shape index (κ2) is 10.5. The van der Waals surface area contributed by atoms with Crippen LogP contribution in [-0.4, -0.2) is 26.3 Å². The van der Waals surface area contributed by atoms with Crippen molar-refractivity contribution < 1.29 is 19.0 Å². The number of rotatable bonds is 8. The zero-order chi connectivity index (χ0) is 23.9. The Morgan fingerprint density at radius 1 is 0.912 bits per heavy atom. The maximum atomic E-state index is 12.7. The van der Waals surface area contributed by atoms with Gasteiger partial charge in [0.25, 0.3) is 5.91 Å². The molecule has 0 aliphatic carbocycles. The molecule has 0 fully saturated rings. The van der Waals surface area contributed by atoms with Crippen LogP contribution in [0.4, 0.5) is 0 Å². The van der Waals surface area contributed by atoms with E-state index >= 15 is 0 Å². The lowest BCUT2D eigenvalue weighted by molar-refractivity contribution is 0.0954. The fourth-order valence-corrected chi connectivity index (χ4v) is 3.54. The number of benzene rings is 4. The fraction of sp³-hybridized carbons (Fsp3) is 0.143. The Morgan fingerprint density at radius 2 is 1.62 bits per heavy atom. The summed E-state index contributed by atoms with van der Waals surface area (Å²) in [5, 5.41) is 6.25. The minimum absolute atomic E-state index is 0.377. The van der Waals surface area contributed by atoms with Gasteiger partial charge in [-0.3, -0.25) is 4.79 Å². The van der Waals surface area contributed by atoms with Crippen molar-refractivity contribution >= 4 is 22.9 Å². The van der Waals surface area contributed by atoms with E-state index in [0.717, 1.165) is 21.9 Å². The highest BCUT2D eigenvalue weighted by molar-refractivity contribution is 6.03. The molecule has 6 nitrogen and oxygen atoms in total. The number of carbonyl (C=O) groups excluding carboxylic acids is 1. The molecule has 0 atom stereocenters. The molecule has 0 heterocycles. The van der Waals surface area contributed by atoms with Gasteiger partial charge in [0.2, 0.25) is 0 Å². The molecule has 0 radical (unpaired) electrons. The highest BCUT2D eigenvalue weighted by Crippen LogP contribution is 2.27. The number of fused-ring (bicyclic) bond motifs is 1. The Morgan fingerprint density at radius 3 is 2.32 bits per heavy atom. The van der Waals surface area contributed by atoms with E-state index in [-0.39, 0.29) is 5.91 Å². The van der Waals surface area contributed by atoms with Crippen molar-refractivity contribution in [3.63, 3.8) is 0 Å². The van der Waals surface area contributed by atoms with Gasteiger partial charge in [0, 0.05) is 17.2 Å². The number of ether oxygens (including phenoxy) is 3. The summed E-state index contributed by atoms with van der Waals surface area (Å²) in [6.07, 6.45) is 1.61. The van der Waals surface area contributed by atoms with E-state index in [2.05, 4.69) is 29.6 Å². The van der Waals surface area contributed by atoms with Gasteiger partial charge < -0.3 is 14.2 Å². The molecule has 34 heavy (non-hydrogen) atoms. The van der Waals surface area contributed by atoms with Gasteiger partial charge in [-0.15, -0.1) is 0 Å². The van der Waals surface area contributed by atoms with Crippen LogP contribution in [0.15, 0.2) is 84.0 Å². The smallest absolute Gasteiger partial charge is 0.271 e. The predicted molar refractivity (Wildman–Crippen MR) is 134 cm³/mol. The van der Waals surface area contributed by atoms with Crippen LogP contribution in [0, 0.1) is 6.92 Å². The molecule has 0 saturated carbocycles. The van der Waals surface area contributed by atoms with Crippen LogP contribution in [0.25, 0.3) is 10.8 Å². The lowest BCUT2D eigenvalue weighted by atomic mass is 10.0. The van der Waals surface area contributed by atoms with E-state index in [1.807, 2.05) is 48.5 Å². The molecule has 4 rings (SSSR count). The van der Waals surface area contributed by atoms with Crippen molar-refractivity contribution in [3.8, 4) is 17.2 Å². The third-order valence-electron chi connectivity index (χ3n) is 5.42. The Balaban J connectivity index is 1.58. The molecule has 1 amide bonds. The predicted octanol–water partition coefficient (Wildman–Crippen LogP) is 5.51. The van der Waals surface area contributed by atoms with Crippen molar-refractivity contribution in [2.75, 3.05) is 14.2 Å². The molecular formula is C28H26N2O4. The molecule has 6 heteroatoms. The van der Waals surface area contributed by atoms with Gasteiger partial charge in [-0.25, -0.2) is 5.43 Å².